The molecule has 0 aliphatic heterocycles. The van der Waals surface area contributed by atoms with Crippen molar-refractivity contribution >= 4 is 576 Å². The Morgan fingerprint density at radius 1 is 0.293 bits per heavy atom. The summed E-state index contributed by atoms with van der Waals surface area (Å²) in [6, 6.07) is 12.2. The molecule has 0 aliphatic rings. The third-order valence-electron chi connectivity index (χ3n) is 3.77. The number of pyridine rings is 2. The van der Waals surface area contributed by atoms with Gasteiger partial charge in [-0.15, -0.1) is 0 Å². The number of aryl methyl sites for hydroxylation is 1. The molecule has 2 aromatic heterocycles. The molecule has 0 unspecified atom stereocenters. The quantitative estimate of drug-likeness (QED) is 0.264. The van der Waals surface area contributed by atoms with Gasteiger partial charge >= 0.3 is 0 Å². The summed E-state index contributed by atoms with van der Waals surface area (Å²) in [5.41, 5.74) is 0. The van der Waals surface area contributed by atoms with Gasteiger partial charge in [0.1, 0.15) is 12.1 Å². The maximum absolute atomic E-state index is 4.79. The Balaban J connectivity index is 0. The third-order valence-corrected chi connectivity index (χ3v) is 127. The summed E-state index contributed by atoms with van der Waals surface area (Å²) < 4.78 is 2.14. The van der Waals surface area contributed by atoms with Gasteiger partial charge in [-0.1, -0.05) is 55.3 Å². The van der Waals surface area contributed by atoms with Crippen LogP contribution in [0.2, 0.25) is 0 Å². The van der Waals surface area contributed by atoms with E-state index >= 15 is 0 Å². The molecule has 0 atom stereocenters. The molecule has 82 heavy (non-hydrogen) atoms. The van der Waals surface area contributed by atoms with Crippen LogP contribution in [-0.4, -0.2) is 15.5 Å². The zero-order valence-corrected chi connectivity index (χ0v) is 89.8. The molecular weight excluding hydrogens is 2250 g/mol. The van der Waals surface area contributed by atoms with Crippen molar-refractivity contribution in [3.63, 3.8) is 0 Å². The summed E-state index contributed by atoms with van der Waals surface area (Å²) in [4.78, 5) is 4.19. The Morgan fingerprint density at radius 3 is 0.707 bits per heavy atom. The summed E-state index contributed by atoms with van der Waals surface area (Å²) in [6.45, 7) is 8.78. The number of hydrogen-bond donors (Lipinski definition) is 0. The molecule has 0 aliphatic carbocycles. The fraction of sp³-hybridized carbons (Fsp3) is 0.412. The highest BCUT2D eigenvalue weighted by molar-refractivity contribution is 8.83. The molecule has 2 aromatic rings. The van der Waals surface area contributed by atoms with Crippen molar-refractivity contribution in [3.05, 3.63) is 48.8 Å². The Bertz CT molecular complexity index is 4790. The van der Waals surface area contributed by atoms with Crippen molar-refractivity contribution < 1.29 is 4.57 Å². The first kappa shape index (κ1) is 96.7. The average Bonchev–Trinajstić information content (AvgIpc) is 3.49. The average molecular weight is 2280 g/mol. The molecule has 0 spiro atoms. The Morgan fingerprint density at radius 2 is 0.512 bits per heavy atom. The highest BCUT2D eigenvalue weighted by Crippen LogP contribution is 2.32. The minimum Gasteiger partial charge on any atom is -0.249 e. The number of rotatable bonds is 6. The number of aromatic nitrogens is 2. The van der Waals surface area contributed by atoms with Gasteiger partial charge in [0.15, 0.2) is 6.20 Å². The molecule has 0 amide bonds. The van der Waals surface area contributed by atoms with Crippen molar-refractivity contribution in [1.82, 2.24) is 4.98 Å². The highest BCUT2D eigenvalue weighted by atomic mass is 33.5. The monoisotopic (exact) mass is 2270 g/mol. The molecule has 2 heterocycles. The van der Waals surface area contributed by atoms with Gasteiger partial charge in [-0.3, -0.25) is 0 Å². The van der Waals surface area contributed by atoms with Crippen LogP contribution >= 0.6 is 43.2 Å². The first-order valence-electron chi connectivity index (χ1n) is 17.0. The van der Waals surface area contributed by atoms with E-state index in [1.165, 1.54) is 40.5 Å². The maximum atomic E-state index is 4.79. The van der Waals surface area contributed by atoms with Crippen molar-refractivity contribution in [1.29, 1.82) is 0 Å². The largest absolute Gasteiger partial charge is 0.250 e. The Labute approximate surface area is 671 Å². The summed E-state index contributed by atoms with van der Waals surface area (Å²) >= 11 is 19.1. The summed E-state index contributed by atoms with van der Waals surface area (Å²) in [5, 5.41) is 3.72. The molecule has 0 saturated heterocycles. The van der Waals surface area contributed by atoms with Crippen LogP contribution < -0.4 is 4.57 Å². The van der Waals surface area contributed by atoms with Crippen molar-refractivity contribution in [3.8, 4) is 0 Å². The summed E-state index contributed by atoms with van der Waals surface area (Å²) in [7, 11) is 106. The second-order valence-electron chi connectivity index (χ2n) is 9.02. The van der Waals surface area contributed by atoms with E-state index in [1.54, 1.807) is 259 Å². The van der Waals surface area contributed by atoms with Crippen LogP contribution in [0.25, 0.3) is 0 Å². The van der Waals surface area contributed by atoms with Crippen LogP contribution in [0.15, 0.2) is 58.8 Å². The van der Waals surface area contributed by atoms with E-state index in [-0.39, 0.29) is 0 Å². The molecular formula is C17H25N2S63+. The third kappa shape index (κ3) is 86.9. The van der Waals surface area contributed by atoms with Crippen LogP contribution in [-0.2, 0) is 540 Å². The molecule has 0 aromatic carbocycles. The first-order chi connectivity index (χ1) is 40.3. The van der Waals surface area contributed by atoms with Gasteiger partial charge in [0.25, 0.3) is 0 Å². The fourth-order valence-electron chi connectivity index (χ4n) is 1.86. The van der Waals surface area contributed by atoms with Crippen molar-refractivity contribution in [2.45, 2.75) is 48.2 Å². The lowest BCUT2D eigenvalue weighted by molar-refractivity contribution is -0.708. The first-order valence-corrected chi connectivity index (χ1v) is 97.4. The molecule has 0 bridgehead atoms. The SMILES string of the molecule is CC(C)SSc1cccc[n+]1C.CC(C)SSc1ccccn1.S=S=S=S=S=S=S=S=S=S=S=S=S=S=S=S=S=S=S=S=S=S=S=S=S=S=S=S=S.S=S=S=S=S=S=S=S=S=S=S=S=S=S=S=S=S=S=S=S=S=S=S=S=S=S=S=S=S=S. The molecule has 0 radical (unpaired) electrons. The van der Waals surface area contributed by atoms with Gasteiger partial charge in [0.2, 0.25) is 5.03 Å². The van der Waals surface area contributed by atoms with Crippen LogP contribution in [0.3, 0.4) is 0 Å². The van der Waals surface area contributed by atoms with E-state index in [2.05, 4.69) is 62.6 Å². The summed E-state index contributed by atoms with van der Waals surface area (Å²) in [5.74, 6) is 0. The lowest BCUT2D eigenvalue weighted by Crippen LogP contribution is -2.29. The molecule has 0 N–H and O–H groups in total. The van der Waals surface area contributed by atoms with Gasteiger partial charge in [0, 0.05) is 573 Å². The lowest BCUT2D eigenvalue weighted by atomic mass is 10.5. The minimum absolute atomic E-state index is 0.655. The molecule has 0 saturated carbocycles. The van der Waals surface area contributed by atoms with Crippen LogP contribution in [0.5, 0.6) is 0 Å². The lowest BCUT2D eigenvalue weighted by Gasteiger charge is -2.01. The van der Waals surface area contributed by atoms with Gasteiger partial charge in [-0.2, -0.15) is 4.57 Å². The van der Waals surface area contributed by atoms with Crippen LogP contribution in [0.4, 0.5) is 0 Å². The van der Waals surface area contributed by atoms with Gasteiger partial charge in [-0.25, -0.2) is 4.98 Å². The second-order valence-corrected chi connectivity index (χ2v) is 112. The number of hydrogen-bond acceptors (Lipinski definition) is 9. The molecule has 0 fully saturated rings. The van der Waals surface area contributed by atoms with Crippen molar-refractivity contribution in [2.24, 2.45) is 7.05 Å². The second kappa shape index (κ2) is 87.9. The summed E-state index contributed by atoms with van der Waals surface area (Å²) in [6.07, 6.45) is 3.90. The predicted molar refractivity (Wildman–Crippen MR) is 544 cm³/mol. The van der Waals surface area contributed by atoms with Crippen LogP contribution in [0, 0.1) is 0 Å². The Hall–Kier alpha value is 12.7. The van der Waals surface area contributed by atoms with Gasteiger partial charge in [0.05, 0.1) is 0 Å². The minimum atomic E-state index is 0.655. The molecule has 480 valence electrons. The highest BCUT2D eigenvalue weighted by Gasteiger charge is 2.06. The smallest absolute Gasteiger partial charge is 0.249 e. The topological polar surface area (TPSA) is 16.8 Å². The standard InChI is InChI=1S/C9H14NS2.C8H11NS2.S30.S29/c1-8(2)11-12-9-6-4-5-7-10(9)3;1-7(2)10-11-8-5-3-4-6-9-8;1-3-5-7-9-11-13-15-17-19-21-23-25-27-29-30-28-26-24-22-20-18-16-14-12-10-8-6-4-2;1-3-5-7-9-11-13-15-17-19-21-23-25-27-29-28-26-24-22-20-18-16-14-12-10-8-6-4-2/h4-8H,1-3H3;3-7H,1-2H3;;/q+1;;;. The predicted octanol–water partition coefficient (Wildman–Crippen LogP) is 5.75. The molecule has 2 rings (SSSR count). The van der Waals surface area contributed by atoms with E-state index in [0.717, 1.165) is 5.03 Å². The fourth-order valence-corrected chi connectivity index (χ4v) is 146. The molecule has 2 nitrogen and oxygen atoms in total. The normalized spacial score (nSPS) is 8.43. The van der Waals surface area contributed by atoms with Crippen molar-refractivity contribution in [2.75, 3.05) is 0 Å². The van der Waals surface area contributed by atoms with E-state index in [1.807, 2.05) is 267 Å². The van der Waals surface area contributed by atoms with Gasteiger partial charge in [-0.05, 0) is 29.0 Å². The zero-order chi connectivity index (χ0) is 60.0. The zero-order valence-electron chi connectivity index (χ0n) is 38.4. The maximum Gasteiger partial charge on any atom is 0.250 e. The molecule has 65 heteroatoms. The van der Waals surface area contributed by atoms with E-state index < -0.39 is 0 Å². The van der Waals surface area contributed by atoms with E-state index in [4.69, 9.17) is 44.8 Å². The van der Waals surface area contributed by atoms with Crippen LogP contribution in [0.1, 0.15) is 27.7 Å². The number of nitrogens with zero attached hydrogens (tertiary/aromatic N) is 2. The Kier molecular flexibility index (Phi) is 104. The van der Waals surface area contributed by atoms with E-state index in [9.17, 15) is 0 Å². The van der Waals surface area contributed by atoms with E-state index in [0.29, 0.717) is 10.5 Å². The van der Waals surface area contributed by atoms with Gasteiger partial charge < -0.3 is 0 Å².